The van der Waals surface area contributed by atoms with Crippen LogP contribution in [0.1, 0.15) is 17.7 Å². The van der Waals surface area contributed by atoms with Gasteiger partial charge in [0.1, 0.15) is 18.6 Å². The van der Waals surface area contributed by atoms with Gasteiger partial charge >= 0.3 is 18.0 Å². The third kappa shape index (κ3) is 6.58. The van der Waals surface area contributed by atoms with Crippen LogP contribution in [-0.4, -0.2) is 66.2 Å². The Labute approximate surface area is 211 Å². The van der Waals surface area contributed by atoms with Gasteiger partial charge in [-0.25, -0.2) is 0 Å². The van der Waals surface area contributed by atoms with Crippen LogP contribution in [-0.2, 0) is 17.9 Å². The molecule has 0 atom stereocenters. The van der Waals surface area contributed by atoms with E-state index in [0.29, 0.717) is 4.90 Å². The first-order valence-electron chi connectivity index (χ1n) is 11.0. The number of alkyl halides is 7. The van der Waals surface area contributed by atoms with Crippen molar-refractivity contribution >= 4 is 17.7 Å². The Bertz CT molecular complexity index is 1140. The van der Waals surface area contributed by atoms with Crippen molar-refractivity contribution in [3.63, 3.8) is 0 Å². The van der Waals surface area contributed by atoms with Crippen molar-refractivity contribution in [2.75, 3.05) is 32.4 Å². The summed E-state index contributed by atoms with van der Waals surface area (Å²) in [5, 5.41) is 0. The second-order valence-corrected chi connectivity index (χ2v) is 9.16. The summed E-state index contributed by atoms with van der Waals surface area (Å²) in [6.45, 7) is -0.724. The number of halogens is 7. The molecule has 0 unspecified atom stereocenters. The summed E-state index contributed by atoms with van der Waals surface area (Å²) >= 11 is 1.58. The fourth-order valence-corrected chi connectivity index (χ4v) is 3.98. The molecule has 37 heavy (non-hydrogen) atoms. The maximum absolute atomic E-state index is 13.8. The average Bonchev–Trinajstić information content (AvgIpc) is 3.08. The summed E-state index contributed by atoms with van der Waals surface area (Å²) in [5.74, 6) is -14.9. The zero-order chi connectivity index (χ0) is 27.4. The molecule has 0 radical (unpaired) electrons. The second kappa shape index (κ2) is 11.3. The number of benzene rings is 1. The zero-order valence-electron chi connectivity index (χ0n) is 19.5. The quantitative estimate of drug-likeness (QED) is 0.344. The first-order chi connectivity index (χ1) is 17.3. The molecule has 0 aliphatic carbocycles. The van der Waals surface area contributed by atoms with Crippen LogP contribution < -0.4 is 10.2 Å². The average molecular weight is 557 g/mol. The highest BCUT2D eigenvalue weighted by Crippen LogP contribution is 2.47. The molecular formula is C23H23F7N2O4S. The topological polar surface area (TPSA) is 63.0 Å². The number of hydrogen-bond acceptors (Lipinski definition) is 6. The summed E-state index contributed by atoms with van der Waals surface area (Å²) in [5.41, 5.74) is 0.367. The van der Waals surface area contributed by atoms with E-state index in [2.05, 4.69) is 0 Å². The van der Waals surface area contributed by atoms with Crippen LogP contribution in [0.5, 0.6) is 5.75 Å². The Balaban J connectivity index is 1.58. The second-order valence-electron chi connectivity index (χ2n) is 8.28. The first-order valence-corrected chi connectivity index (χ1v) is 12.2. The lowest BCUT2D eigenvalue weighted by Gasteiger charge is -2.31. The molecule has 6 nitrogen and oxygen atoms in total. The largest absolute Gasteiger partial charge is 0.482 e. The lowest BCUT2D eigenvalue weighted by atomic mass is 10.1. The van der Waals surface area contributed by atoms with Crippen molar-refractivity contribution in [1.82, 2.24) is 9.80 Å². The number of carbonyl (C=O) groups excluding carboxylic acids is 1. The van der Waals surface area contributed by atoms with Gasteiger partial charge in [-0.05, 0) is 30.4 Å². The number of nitrogens with zero attached hydrogens (tertiary/aromatic N) is 2. The molecule has 0 bridgehead atoms. The van der Waals surface area contributed by atoms with Crippen molar-refractivity contribution < 1.29 is 44.7 Å². The van der Waals surface area contributed by atoms with Crippen LogP contribution in [0.4, 0.5) is 30.7 Å². The molecule has 1 aromatic heterocycles. The Kier molecular flexibility index (Phi) is 8.83. The molecule has 0 saturated carbocycles. The third-order valence-corrected chi connectivity index (χ3v) is 6.42. The molecule has 1 fully saturated rings. The van der Waals surface area contributed by atoms with Crippen LogP contribution in [0.3, 0.4) is 0 Å². The predicted molar refractivity (Wildman–Crippen MR) is 120 cm³/mol. The SMILES string of the molecule is CSc1ccc(COc2coc(CN3CCCN(C(=O)C(F)(F)C(F)(F)C(F)(F)F)CC3)cc2=O)cc1. The lowest BCUT2D eigenvalue weighted by molar-refractivity contribution is -0.345. The van der Waals surface area contributed by atoms with Crippen LogP contribution >= 0.6 is 11.8 Å². The molecule has 3 rings (SSSR count). The number of rotatable bonds is 8. The van der Waals surface area contributed by atoms with Gasteiger partial charge in [-0.1, -0.05) is 12.1 Å². The van der Waals surface area contributed by atoms with Crippen molar-refractivity contribution in [2.24, 2.45) is 0 Å². The molecule has 0 spiro atoms. The highest BCUT2D eigenvalue weighted by molar-refractivity contribution is 7.98. The van der Waals surface area contributed by atoms with Gasteiger partial charge < -0.3 is 14.1 Å². The fraction of sp³-hybridized carbons (Fsp3) is 0.478. The van der Waals surface area contributed by atoms with Crippen LogP contribution in [0.25, 0.3) is 0 Å². The van der Waals surface area contributed by atoms with E-state index in [9.17, 15) is 40.3 Å². The number of thioether (sulfide) groups is 1. The lowest BCUT2D eigenvalue weighted by Crippen LogP contribution is -2.60. The van der Waals surface area contributed by atoms with Crippen molar-refractivity contribution in [1.29, 1.82) is 0 Å². The number of carbonyl (C=O) groups is 1. The molecule has 1 saturated heterocycles. The van der Waals surface area contributed by atoms with Gasteiger partial charge in [-0.15, -0.1) is 11.8 Å². The molecule has 204 valence electrons. The normalized spacial score (nSPS) is 15.9. The van der Waals surface area contributed by atoms with Gasteiger partial charge in [0.25, 0.3) is 5.91 Å². The highest BCUT2D eigenvalue weighted by Gasteiger charge is 2.76. The van der Waals surface area contributed by atoms with E-state index in [-0.39, 0.29) is 44.2 Å². The van der Waals surface area contributed by atoms with Crippen LogP contribution in [0.2, 0.25) is 0 Å². The molecule has 1 aromatic carbocycles. The van der Waals surface area contributed by atoms with E-state index in [1.54, 1.807) is 16.7 Å². The molecule has 1 amide bonds. The summed E-state index contributed by atoms with van der Waals surface area (Å²) in [7, 11) is 0. The summed E-state index contributed by atoms with van der Waals surface area (Å²) < 4.78 is 102. The molecular weight excluding hydrogens is 533 g/mol. The first kappa shape index (κ1) is 28.8. The van der Waals surface area contributed by atoms with Crippen LogP contribution in [0, 0.1) is 0 Å². The summed E-state index contributed by atoms with van der Waals surface area (Å²) in [6.07, 6.45) is -3.49. The minimum atomic E-state index is -6.59. The van der Waals surface area contributed by atoms with Crippen molar-refractivity contribution in [3.8, 4) is 5.75 Å². The standard InChI is InChI=1S/C23H23F7N2O4S/c1-37-17-5-3-15(4-6-17)13-36-19-14-35-16(11-18(19)33)12-31-7-2-8-32(10-9-31)20(34)21(24,25)22(26,27)23(28,29)30/h3-6,11,14H,2,7-10,12-13H2,1H3. The molecule has 2 aromatic rings. The van der Waals surface area contributed by atoms with Gasteiger partial charge in [0.15, 0.2) is 0 Å². The Morgan fingerprint density at radius 1 is 1.03 bits per heavy atom. The smallest absolute Gasteiger partial charge is 0.460 e. The number of amides is 1. The van der Waals surface area contributed by atoms with Crippen molar-refractivity contribution in [2.45, 2.75) is 42.5 Å². The summed E-state index contributed by atoms with van der Waals surface area (Å²) in [6, 6.07) is 8.71. The highest BCUT2D eigenvalue weighted by atomic mass is 32.2. The minimum absolute atomic E-state index is 0.0167. The van der Waals surface area contributed by atoms with E-state index in [0.717, 1.165) is 16.7 Å². The van der Waals surface area contributed by atoms with E-state index < -0.39 is 42.4 Å². The molecule has 0 N–H and O–H groups in total. The van der Waals surface area contributed by atoms with Gasteiger partial charge in [-0.3, -0.25) is 14.5 Å². The molecule has 1 aliphatic heterocycles. The molecule has 14 heteroatoms. The Morgan fingerprint density at radius 3 is 2.30 bits per heavy atom. The Morgan fingerprint density at radius 2 is 1.70 bits per heavy atom. The number of hydrogen-bond donors (Lipinski definition) is 0. The van der Waals surface area contributed by atoms with E-state index in [1.165, 1.54) is 6.07 Å². The van der Waals surface area contributed by atoms with Gasteiger partial charge in [0, 0.05) is 37.1 Å². The van der Waals surface area contributed by atoms with Gasteiger partial charge in [0.05, 0.1) is 6.54 Å². The van der Waals surface area contributed by atoms with E-state index >= 15 is 0 Å². The Hall–Kier alpha value is -2.74. The van der Waals surface area contributed by atoms with E-state index in [1.807, 2.05) is 30.5 Å². The molecule has 2 heterocycles. The number of ether oxygens (including phenoxy) is 1. The van der Waals surface area contributed by atoms with E-state index in [4.69, 9.17) is 9.15 Å². The zero-order valence-corrected chi connectivity index (χ0v) is 20.3. The fourth-order valence-electron chi connectivity index (χ4n) is 3.57. The maximum atomic E-state index is 13.8. The third-order valence-electron chi connectivity index (χ3n) is 5.68. The maximum Gasteiger partial charge on any atom is 0.460 e. The van der Waals surface area contributed by atoms with Gasteiger partial charge in [-0.2, -0.15) is 30.7 Å². The minimum Gasteiger partial charge on any atom is -0.482 e. The van der Waals surface area contributed by atoms with Crippen molar-refractivity contribution in [3.05, 3.63) is 58.1 Å². The predicted octanol–water partition coefficient (Wildman–Crippen LogP) is 4.81. The molecule has 1 aliphatic rings. The summed E-state index contributed by atoms with van der Waals surface area (Å²) in [4.78, 5) is 27.3. The van der Waals surface area contributed by atoms with Crippen LogP contribution in [0.15, 0.2) is 50.7 Å². The monoisotopic (exact) mass is 556 g/mol. The van der Waals surface area contributed by atoms with Gasteiger partial charge in [0.2, 0.25) is 11.2 Å².